The number of hydrogen-bond donors (Lipinski definition) is 0. The topological polar surface area (TPSA) is 29.8 Å². The fraction of sp³-hybridized carbons (Fsp3) is 0.650. The minimum atomic E-state index is 0.532. The summed E-state index contributed by atoms with van der Waals surface area (Å²) in [6, 6.07) is 4.91. The van der Waals surface area contributed by atoms with Gasteiger partial charge in [0, 0.05) is 31.6 Å². The number of aromatic nitrogens is 1. The van der Waals surface area contributed by atoms with Gasteiger partial charge >= 0.3 is 0 Å². The minimum Gasteiger partial charge on any atom is -0.379 e. The van der Waals surface area contributed by atoms with E-state index in [0.29, 0.717) is 6.04 Å². The van der Waals surface area contributed by atoms with Crippen LogP contribution in [0.3, 0.4) is 0 Å². The second-order valence-electron chi connectivity index (χ2n) is 7.26. The molecule has 1 saturated heterocycles. The van der Waals surface area contributed by atoms with Gasteiger partial charge in [0.1, 0.15) is 0 Å². The fourth-order valence-corrected chi connectivity index (χ4v) is 5.74. The van der Waals surface area contributed by atoms with E-state index in [1.807, 2.05) is 22.7 Å². The van der Waals surface area contributed by atoms with Crippen LogP contribution in [0.5, 0.6) is 0 Å². The average molecular weight is 392 g/mol. The zero-order valence-electron chi connectivity index (χ0n) is 15.4. The van der Waals surface area contributed by atoms with Crippen LogP contribution < -0.4 is 4.80 Å². The van der Waals surface area contributed by atoms with Gasteiger partial charge in [0.2, 0.25) is 0 Å². The van der Waals surface area contributed by atoms with E-state index in [0.717, 1.165) is 39.4 Å². The van der Waals surface area contributed by atoms with Gasteiger partial charge in [-0.2, -0.15) is 0 Å². The Hall–Kier alpha value is -0.950. The van der Waals surface area contributed by atoms with Crippen LogP contribution in [0, 0.1) is 0 Å². The summed E-state index contributed by atoms with van der Waals surface area (Å²) >= 11 is 3.65. The van der Waals surface area contributed by atoms with E-state index in [9.17, 15) is 0 Å². The Morgan fingerprint density at radius 3 is 2.69 bits per heavy atom. The number of morpholine rings is 1. The molecule has 26 heavy (non-hydrogen) atoms. The molecule has 0 atom stereocenters. The van der Waals surface area contributed by atoms with E-state index in [4.69, 9.17) is 9.73 Å². The van der Waals surface area contributed by atoms with Crippen LogP contribution in [-0.4, -0.2) is 48.4 Å². The van der Waals surface area contributed by atoms with Gasteiger partial charge in [-0.3, -0.25) is 9.89 Å². The second-order valence-corrected chi connectivity index (χ2v) is 9.05. The molecule has 1 aliphatic carbocycles. The monoisotopic (exact) mass is 391 g/mol. The molecule has 4 rings (SSSR count). The molecular formula is C20H29N3OS2. The molecule has 0 N–H and O–H groups in total. The smallest absolute Gasteiger partial charge is 0.185 e. The normalized spacial score (nSPS) is 20.7. The van der Waals surface area contributed by atoms with Gasteiger partial charge in [-0.15, -0.1) is 22.7 Å². The molecule has 2 aromatic heterocycles. The lowest BCUT2D eigenvalue weighted by molar-refractivity contribution is 0.0369. The fourth-order valence-electron chi connectivity index (χ4n) is 3.91. The quantitative estimate of drug-likeness (QED) is 0.737. The van der Waals surface area contributed by atoms with Crippen molar-refractivity contribution in [3.63, 3.8) is 0 Å². The lowest BCUT2D eigenvalue weighted by Gasteiger charge is -2.26. The first-order valence-corrected chi connectivity index (χ1v) is 11.7. The maximum absolute atomic E-state index is 5.46. The first-order chi connectivity index (χ1) is 12.9. The highest BCUT2D eigenvalue weighted by Crippen LogP contribution is 2.26. The van der Waals surface area contributed by atoms with E-state index in [2.05, 4.69) is 32.4 Å². The summed E-state index contributed by atoms with van der Waals surface area (Å²) in [5, 5.41) is 4.48. The minimum absolute atomic E-state index is 0.532. The Balaban J connectivity index is 1.51. The van der Waals surface area contributed by atoms with Gasteiger partial charge in [-0.25, -0.2) is 0 Å². The van der Waals surface area contributed by atoms with Crippen LogP contribution in [0.4, 0.5) is 0 Å². The molecule has 0 unspecified atom stereocenters. The molecule has 1 aliphatic heterocycles. The number of ether oxygens (including phenoxy) is 1. The third-order valence-electron chi connectivity index (χ3n) is 5.40. The molecular weight excluding hydrogens is 362 g/mol. The first-order valence-electron chi connectivity index (χ1n) is 9.96. The lowest BCUT2D eigenvalue weighted by Crippen LogP contribution is -2.37. The Kier molecular flexibility index (Phi) is 6.59. The van der Waals surface area contributed by atoms with Gasteiger partial charge in [0.25, 0.3) is 0 Å². The van der Waals surface area contributed by atoms with E-state index in [-0.39, 0.29) is 0 Å². The van der Waals surface area contributed by atoms with E-state index in [1.165, 1.54) is 53.9 Å². The van der Waals surface area contributed by atoms with Crippen LogP contribution >= 0.6 is 22.7 Å². The van der Waals surface area contributed by atoms with E-state index in [1.54, 1.807) is 0 Å². The molecule has 2 aromatic rings. The molecule has 0 amide bonds. The summed E-state index contributed by atoms with van der Waals surface area (Å²) in [4.78, 5) is 10.3. The Labute approximate surface area is 164 Å². The highest BCUT2D eigenvalue weighted by molar-refractivity contribution is 7.14. The highest BCUT2D eigenvalue weighted by Gasteiger charge is 2.15. The maximum atomic E-state index is 5.46. The third kappa shape index (κ3) is 4.66. The van der Waals surface area contributed by atoms with Crippen molar-refractivity contribution >= 4 is 22.7 Å². The van der Waals surface area contributed by atoms with Crippen LogP contribution in [-0.2, 0) is 11.3 Å². The third-order valence-corrected chi connectivity index (χ3v) is 7.17. The molecule has 0 bridgehead atoms. The van der Waals surface area contributed by atoms with Gasteiger partial charge in [0.05, 0.1) is 29.8 Å². The largest absolute Gasteiger partial charge is 0.379 e. The second kappa shape index (κ2) is 9.31. The van der Waals surface area contributed by atoms with Crippen molar-refractivity contribution in [3.8, 4) is 10.6 Å². The van der Waals surface area contributed by atoms with E-state index >= 15 is 0 Å². The zero-order chi connectivity index (χ0) is 17.6. The van der Waals surface area contributed by atoms with Gasteiger partial charge < -0.3 is 9.30 Å². The summed E-state index contributed by atoms with van der Waals surface area (Å²) in [6.45, 7) is 6.12. The predicted octanol–water partition coefficient (Wildman–Crippen LogP) is 4.23. The van der Waals surface area contributed by atoms with E-state index < -0.39 is 0 Å². The molecule has 0 aromatic carbocycles. The molecule has 2 aliphatic rings. The number of rotatable bonds is 6. The summed E-state index contributed by atoms with van der Waals surface area (Å²) in [7, 11) is 0. The van der Waals surface area contributed by atoms with Crippen LogP contribution in [0.15, 0.2) is 27.9 Å². The molecule has 0 radical (unpaired) electrons. The van der Waals surface area contributed by atoms with Crippen molar-refractivity contribution in [1.29, 1.82) is 0 Å². The maximum Gasteiger partial charge on any atom is 0.185 e. The molecule has 4 nitrogen and oxygen atoms in total. The number of thiophene rings is 1. The summed E-state index contributed by atoms with van der Waals surface area (Å²) in [5.74, 6) is 0. The number of thiazole rings is 1. The summed E-state index contributed by atoms with van der Waals surface area (Å²) < 4.78 is 7.94. The standard InChI is InChI=1S/C20H29N3OS2/c1-2-6-17(7-3-1)21-20-23(10-5-9-22-11-13-24-14-12-22)18(16-26-20)19-8-4-15-25-19/h4,8,15-17H,1-3,5-7,9-14H2. The predicted molar refractivity (Wildman–Crippen MR) is 110 cm³/mol. The Bertz CT molecular complexity index is 723. The summed E-state index contributed by atoms with van der Waals surface area (Å²) in [5.41, 5.74) is 1.35. The van der Waals surface area contributed by atoms with Crippen molar-refractivity contribution in [2.24, 2.45) is 4.99 Å². The molecule has 2 fully saturated rings. The molecule has 6 heteroatoms. The number of hydrogen-bond acceptors (Lipinski definition) is 5. The zero-order valence-corrected chi connectivity index (χ0v) is 17.1. The van der Waals surface area contributed by atoms with Gasteiger partial charge in [-0.05, 0) is 30.7 Å². The average Bonchev–Trinajstić information content (AvgIpc) is 3.34. The van der Waals surface area contributed by atoms with Crippen molar-refractivity contribution in [3.05, 3.63) is 27.7 Å². The van der Waals surface area contributed by atoms with Crippen molar-refractivity contribution in [1.82, 2.24) is 9.47 Å². The van der Waals surface area contributed by atoms with Crippen molar-refractivity contribution in [2.75, 3.05) is 32.8 Å². The number of nitrogens with zero attached hydrogens (tertiary/aromatic N) is 3. The molecule has 142 valence electrons. The van der Waals surface area contributed by atoms with Crippen molar-refractivity contribution < 1.29 is 4.74 Å². The Morgan fingerprint density at radius 1 is 1.08 bits per heavy atom. The van der Waals surface area contributed by atoms with Gasteiger partial charge in [0.15, 0.2) is 4.80 Å². The lowest BCUT2D eigenvalue weighted by atomic mass is 9.96. The first kappa shape index (κ1) is 18.4. The summed E-state index contributed by atoms with van der Waals surface area (Å²) in [6.07, 6.45) is 7.77. The van der Waals surface area contributed by atoms with Gasteiger partial charge in [-0.1, -0.05) is 25.3 Å². The molecule has 1 saturated carbocycles. The SMILES string of the molecule is c1csc(-c2csc(=NC3CCCCC3)n2CCCN2CCOCC2)c1. The highest BCUT2D eigenvalue weighted by atomic mass is 32.1. The van der Waals surface area contributed by atoms with Crippen LogP contribution in [0.25, 0.3) is 10.6 Å². The van der Waals surface area contributed by atoms with Crippen molar-refractivity contribution in [2.45, 2.75) is 51.1 Å². The Morgan fingerprint density at radius 2 is 1.92 bits per heavy atom. The molecule has 0 spiro atoms. The van der Waals surface area contributed by atoms with Crippen LogP contribution in [0.2, 0.25) is 0 Å². The molecule has 3 heterocycles. The van der Waals surface area contributed by atoms with Crippen LogP contribution in [0.1, 0.15) is 38.5 Å².